The van der Waals surface area contributed by atoms with Crippen LogP contribution in [0.1, 0.15) is 0 Å². The fraction of sp³-hybridized carbons (Fsp3) is 0.167. The molecular formula is C6H5ClO5S2. The summed E-state index contributed by atoms with van der Waals surface area (Å²) < 4.78 is 30.6. The van der Waals surface area contributed by atoms with Crippen LogP contribution < -0.4 is 4.74 Å². The Kier molecular flexibility index (Phi) is 3.35. The quantitative estimate of drug-likeness (QED) is 0.596. The smallest absolute Gasteiger partial charge is 0.437 e. The Bertz CT molecular complexity index is 435. The number of hydrogen-bond donors (Lipinski definition) is 0. The van der Waals surface area contributed by atoms with Gasteiger partial charge in [0.05, 0.1) is 7.11 Å². The molecule has 0 atom stereocenters. The highest BCUT2D eigenvalue weighted by Crippen LogP contribution is 2.32. The van der Waals surface area contributed by atoms with E-state index < -0.39 is 15.2 Å². The molecule has 1 aromatic heterocycles. The lowest BCUT2D eigenvalue weighted by molar-refractivity contribution is 0.122. The molecule has 0 radical (unpaired) electrons. The summed E-state index contributed by atoms with van der Waals surface area (Å²) in [7, 11) is 2.30. The van der Waals surface area contributed by atoms with Gasteiger partial charge in [0, 0.05) is 10.7 Å². The maximum absolute atomic E-state index is 10.9. The number of carbonyl (C=O) groups is 1. The van der Waals surface area contributed by atoms with E-state index in [0.29, 0.717) is 0 Å². The van der Waals surface area contributed by atoms with E-state index in [2.05, 4.69) is 9.47 Å². The molecular weight excluding hydrogens is 252 g/mol. The molecule has 8 heteroatoms. The van der Waals surface area contributed by atoms with Gasteiger partial charge < -0.3 is 9.47 Å². The fourth-order valence-electron chi connectivity index (χ4n) is 0.656. The van der Waals surface area contributed by atoms with Crippen LogP contribution in [0.4, 0.5) is 4.79 Å². The Labute approximate surface area is 88.6 Å². The van der Waals surface area contributed by atoms with Gasteiger partial charge in [0.25, 0.3) is 9.05 Å². The van der Waals surface area contributed by atoms with Crippen LogP contribution in [0.3, 0.4) is 0 Å². The first-order chi connectivity index (χ1) is 6.45. The van der Waals surface area contributed by atoms with Gasteiger partial charge in [-0.1, -0.05) is 0 Å². The third-order valence-corrected chi connectivity index (χ3v) is 3.47. The zero-order valence-electron chi connectivity index (χ0n) is 6.89. The maximum atomic E-state index is 10.9. The van der Waals surface area contributed by atoms with E-state index in [1.165, 1.54) is 11.4 Å². The number of carbonyl (C=O) groups excluding carboxylic acids is 1. The van der Waals surface area contributed by atoms with Crippen molar-refractivity contribution in [1.29, 1.82) is 0 Å². The van der Waals surface area contributed by atoms with Crippen LogP contribution in [0.5, 0.6) is 5.06 Å². The van der Waals surface area contributed by atoms with Crippen molar-refractivity contribution in [3.8, 4) is 5.06 Å². The van der Waals surface area contributed by atoms with E-state index in [1.807, 2.05) is 0 Å². The van der Waals surface area contributed by atoms with Crippen molar-refractivity contribution in [3.63, 3.8) is 0 Å². The molecule has 0 N–H and O–H groups in total. The molecule has 78 valence electrons. The van der Waals surface area contributed by atoms with Crippen molar-refractivity contribution >= 4 is 37.2 Å². The zero-order valence-corrected chi connectivity index (χ0v) is 9.28. The summed E-state index contributed by atoms with van der Waals surface area (Å²) in [6.45, 7) is 0. The van der Waals surface area contributed by atoms with Crippen molar-refractivity contribution in [3.05, 3.63) is 11.4 Å². The molecule has 1 rings (SSSR count). The van der Waals surface area contributed by atoms with Gasteiger partial charge in [-0.3, -0.25) is 0 Å². The highest BCUT2D eigenvalue weighted by molar-refractivity contribution is 8.14. The van der Waals surface area contributed by atoms with Crippen molar-refractivity contribution in [2.45, 2.75) is 4.90 Å². The van der Waals surface area contributed by atoms with Gasteiger partial charge in [0.15, 0.2) is 0 Å². The Balaban J connectivity index is 3.00. The van der Waals surface area contributed by atoms with Crippen molar-refractivity contribution in [2.24, 2.45) is 0 Å². The Morgan fingerprint density at radius 3 is 2.71 bits per heavy atom. The van der Waals surface area contributed by atoms with Crippen LogP contribution in [-0.4, -0.2) is 21.7 Å². The Morgan fingerprint density at radius 2 is 2.21 bits per heavy atom. The largest absolute Gasteiger partial charge is 0.514 e. The van der Waals surface area contributed by atoms with E-state index in [1.54, 1.807) is 0 Å². The van der Waals surface area contributed by atoms with E-state index in [4.69, 9.17) is 10.7 Å². The van der Waals surface area contributed by atoms with Gasteiger partial charge in [-0.05, 0) is 11.4 Å². The van der Waals surface area contributed by atoms with Crippen LogP contribution in [0, 0.1) is 0 Å². The molecule has 0 spiro atoms. The van der Waals surface area contributed by atoms with Crippen molar-refractivity contribution in [1.82, 2.24) is 0 Å². The first-order valence-corrected chi connectivity index (χ1v) is 6.42. The van der Waals surface area contributed by atoms with Gasteiger partial charge in [-0.2, -0.15) is 0 Å². The SMILES string of the molecule is COC(=O)Oc1sccc1S(=O)(=O)Cl. The van der Waals surface area contributed by atoms with Gasteiger partial charge in [-0.15, -0.1) is 11.3 Å². The summed E-state index contributed by atoms with van der Waals surface area (Å²) in [6.07, 6.45) is -0.992. The van der Waals surface area contributed by atoms with Gasteiger partial charge in [0.1, 0.15) is 4.90 Å². The standard InChI is InChI=1S/C6H5ClO5S2/c1-11-6(8)12-5-4(2-3-13-5)14(7,9)10/h2-3H,1H3. The number of methoxy groups -OCH3 is 1. The number of hydrogen-bond acceptors (Lipinski definition) is 6. The predicted molar refractivity (Wildman–Crippen MR) is 50.4 cm³/mol. The number of halogens is 1. The summed E-state index contributed by atoms with van der Waals surface area (Å²) >= 11 is 0.933. The first-order valence-electron chi connectivity index (χ1n) is 3.23. The average Bonchev–Trinajstić information content (AvgIpc) is 2.51. The highest BCUT2D eigenvalue weighted by Gasteiger charge is 2.20. The van der Waals surface area contributed by atoms with E-state index in [0.717, 1.165) is 18.4 Å². The maximum Gasteiger partial charge on any atom is 0.514 e. The highest BCUT2D eigenvalue weighted by atomic mass is 35.7. The normalized spacial score (nSPS) is 11.0. The first kappa shape index (κ1) is 11.3. The molecule has 0 saturated heterocycles. The minimum Gasteiger partial charge on any atom is -0.437 e. The topological polar surface area (TPSA) is 69.7 Å². The lowest BCUT2D eigenvalue weighted by Gasteiger charge is -2.00. The van der Waals surface area contributed by atoms with Gasteiger partial charge in [0.2, 0.25) is 5.06 Å². The summed E-state index contributed by atoms with van der Waals surface area (Å²) in [5, 5.41) is 1.33. The van der Waals surface area contributed by atoms with E-state index in [9.17, 15) is 13.2 Å². The number of ether oxygens (including phenoxy) is 2. The van der Waals surface area contributed by atoms with Gasteiger partial charge in [-0.25, -0.2) is 13.2 Å². The van der Waals surface area contributed by atoms with Crippen LogP contribution in [0.2, 0.25) is 0 Å². The number of rotatable bonds is 2. The van der Waals surface area contributed by atoms with Crippen molar-refractivity contribution in [2.75, 3.05) is 7.11 Å². The molecule has 0 fully saturated rings. The van der Waals surface area contributed by atoms with Crippen LogP contribution in [0.15, 0.2) is 16.3 Å². The molecule has 14 heavy (non-hydrogen) atoms. The van der Waals surface area contributed by atoms with E-state index >= 15 is 0 Å². The lowest BCUT2D eigenvalue weighted by Crippen LogP contribution is -2.07. The fourth-order valence-corrected chi connectivity index (χ4v) is 2.82. The monoisotopic (exact) mass is 256 g/mol. The second-order valence-electron chi connectivity index (χ2n) is 2.07. The molecule has 0 unspecified atom stereocenters. The molecule has 0 aliphatic carbocycles. The van der Waals surface area contributed by atoms with Crippen molar-refractivity contribution < 1.29 is 22.7 Å². The van der Waals surface area contributed by atoms with Crippen LogP contribution >= 0.6 is 22.0 Å². The average molecular weight is 257 g/mol. The Morgan fingerprint density at radius 1 is 1.57 bits per heavy atom. The summed E-state index contributed by atoms with van der Waals surface area (Å²) in [4.78, 5) is 10.4. The number of thiophene rings is 1. The predicted octanol–water partition coefficient (Wildman–Crippen LogP) is 1.82. The van der Waals surface area contributed by atoms with Crippen LogP contribution in [-0.2, 0) is 13.8 Å². The zero-order chi connectivity index (χ0) is 10.8. The molecule has 1 aromatic rings. The molecule has 0 bridgehead atoms. The Hall–Kier alpha value is -0.790. The molecule has 0 saturated carbocycles. The summed E-state index contributed by atoms with van der Waals surface area (Å²) in [5.41, 5.74) is 0. The minimum atomic E-state index is -3.89. The summed E-state index contributed by atoms with van der Waals surface area (Å²) in [6, 6.07) is 1.24. The molecule has 0 aliphatic heterocycles. The van der Waals surface area contributed by atoms with E-state index in [-0.39, 0.29) is 9.96 Å². The molecule has 1 heterocycles. The molecule has 0 aromatic carbocycles. The lowest BCUT2D eigenvalue weighted by atomic mass is 10.6. The molecule has 5 nitrogen and oxygen atoms in total. The molecule has 0 amide bonds. The summed E-state index contributed by atoms with van der Waals surface area (Å²) in [5.74, 6) is 0. The van der Waals surface area contributed by atoms with Gasteiger partial charge >= 0.3 is 6.16 Å². The minimum absolute atomic E-state index is 0.105. The second kappa shape index (κ2) is 4.16. The van der Waals surface area contributed by atoms with Crippen LogP contribution in [0.25, 0.3) is 0 Å². The molecule has 0 aliphatic rings. The second-order valence-corrected chi connectivity index (χ2v) is 5.48. The third-order valence-electron chi connectivity index (χ3n) is 1.20. The third kappa shape index (κ3) is 2.60.